The standard InChI is InChI=1S/C16H19NO2S2/c1-12(2)17(10-14-4-3-8-20-14)11-15-13(7-9-21-15)5-6-16(18)19/h3-9,12H,10-11H2,1-2H3,(H,18,19). The van der Waals surface area contributed by atoms with Gasteiger partial charge < -0.3 is 5.11 Å². The highest BCUT2D eigenvalue weighted by atomic mass is 32.1. The minimum absolute atomic E-state index is 0.436. The molecule has 0 fully saturated rings. The second-order valence-corrected chi connectivity index (χ2v) is 7.08. The van der Waals surface area contributed by atoms with Crippen molar-refractivity contribution in [2.75, 3.05) is 0 Å². The van der Waals surface area contributed by atoms with Gasteiger partial charge in [0.2, 0.25) is 0 Å². The first kappa shape index (κ1) is 15.9. The van der Waals surface area contributed by atoms with Crippen LogP contribution in [-0.2, 0) is 17.9 Å². The monoisotopic (exact) mass is 321 g/mol. The molecule has 0 bridgehead atoms. The molecule has 0 atom stereocenters. The van der Waals surface area contributed by atoms with Crippen LogP contribution in [0.15, 0.2) is 35.0 Å². The van der Waals surface area contributed by atoms with E-state index in [1.807, 2.05) is 11.4 Å². The molecule has 0 aliphatic rings. The molecule has 2 rings (SSSR count). The van der Waals surface area contributed by atoms with E-state index in [9.17, 15) is 4.79 Å². The summed E-state index contributed by atoms with van der Waals surface area (Å²) in [6.07, 6.45) is 2.88. The maximum Gasteiger partial charge on any atom is 0.328 e. The van der Waals surface area contributed by atoms with Crippen molar-refractivity contribution < 1.29 is 9.90 Å². The van der Waals surface area contributed by atoms with E-state index in [-0.39, 0.29) is 0 Å². The van der Waals surface area contributed by atoms with Crippen molar-refractivity contribution in [1.29, 1.82) is 0 Å². The maximum atomic E-state index is 10.7. The van der Waals surface area contributed by atoms with E-state index in [1.165, 1.54) is 15.8 Å². The van der Waals surface area contributed by atoms with E-state index in [0.717, 1.165) is 18.7 Å². The topological polar surface area (TPSA) is 40.5 Å². The predicted octanol–water partition coefficient (Wildman–Crippen LogP) is 4.32. The quantitative estimate of drug-likeness (QED) is 0.772. The fraction of sp³-hybridized carbons (Fsp3) is 0.312. The Hall–Kier alpha value is -1.43. The molecule has 2 aromatic heterocycles. The molecule has 112 valence electrons. The number of carbonyl (C=O) groups is 1. The first-order chi connectivity index (χ1) is 10.1. The van der Waals surface area contributed by atoms with E-state index in [4.69, 9.17) is 5.11 Å². The van der Waals surface area contributed by atoms with Gasteiger partial charge in [-0.15, -0.1) is 22.7 Å². The zero-order valence-corrected chi connectivity index (χ0v) is 13.8. The van der Waals surface area contributed by atoms with E-state index in [2.05, 4.69) is 36.3 Å². The van der Waals surface area contributed by atoms with E-state index in [0.29, 0.717) is 6.04 Å². The van der Waals surface area contributed by atoms with Crippen molar-refractivity contribution in [1.82, 2.24) is 4.90 Å². The second kappa shape index (κ2) is 7.54. The average Bonchev–Trinajstić information content (AvgIpc) is 3.07. The Labute approximate surface area is 133 Å². The molecule has 0 saturated carbocycles. The summed E-state index contributed by atoms with van der Waals surface area (Å²) in [5.74, 6) is -0.911. The average molecular weight is 321 g/mol. The molecular formula is C16H19NO2S2. The first-order valence-electron chi connectivity index (χ1n) is 6.80. The van der Waals surface area contributed by atoms with E-state index in [1.54, 1.807) is 28.7 Å². The van der Waals surface area contributed by atoms with E-state index < -0.39 is 5.97 Å². The molecular weight excluding hydrogens is 302 g/mol. The van der Waals surface area contributed by atoms with Crippen molar-refractivity contribution in [3.63, 3.8) is 0 Å². The molecule has 2 aromatic rings. The van der Waals surface area contributed by atoms with Gasteiger partial charge in [-0.25, -0.2) is 4.79 Å². The molecule has 0 amide bonds. The molecule has 1 N–H and O–H groups in total. The van der Waals surface area contributed by atoms with Crippen LogP contribution in [-0.4, -0.2) is 22.0 Å². The lowest BCUT2D eigenvalue weighted by Gasteiger charge is -2.25. The van der Waals surface area contributed by atoms with Crippen molar-refractivity contribution in [3.8, 4) is 0 Å². The number of thiophene rings is 2. The van der Waals surface area contributed by atoms with Crippen molar-refractivity contribution in [2.45, 2.75) is 33.0 Å². The molecule has 0 spiro atoms. The molecule has 0 aliphatic carbocycles. The highest BCUT2D eigenvalue weighted by Crippen LogP contribution is 2.23. The summed E-state index contributed by atoms with van der Waals surface area (Å²) in [4.78, 5) is 15.6. The van der Waals surface area contributed by atoms with Gasteiger partial charge in [-0.2, -0.15) is 0 Å². The summed E-state index contributed by atoms with van der Waals surface area (Å²) in [6, 6.07) is 6.64. The Balaban J connectivity index is 2.10. The van der Waals surface area contributed by atoms with Crippen LogP contribution in [0.5, 0.6) is 0 Å². The number of nitrogens with zero attached hydrogens (tertiary/aromatic N) is 1. The van der Waals surface area contributed by atoms with Gasteiger partial charge in [0.15, 0.2) is 0 Å². The fourth-order valence-electron chi connectivity index (χ4n) is 2.00. The zero-order valence-electron chi connectivity index (χ0n) is 12.2. The summed E-state index contributed by atoms with van der Waals surface area (Å²) in [7, 11) is 0. The Morgan fingerprint density at radius 1 is 1.29 bits per heavy atom. The Kier molecular flexibility index (Phi) is 5.73. The zero-order chi connectivity index (χ0) is 15.2. The smallest absolute Gasteiger partial charge is 0.328 e. The van der Waals surface area contributed by atoms with E-state index >= 15 is 0 Å². The van der Waals surface area contributed by atoms with Gasteiger partial charge in [0, 0.05) is 35.0 Å². The molecule has 0 radical (unpaired) electrons. The van der Waals surface area contributed by atoms with Crippen LogP contribution in [0.3, 0.4) is 0 Å². The molecule has 2 heterocycles. The Bertz CT molecular complexity index is 600. The molecule has 0 aromatic carbocycles. The number of hydrogen-bond acceptors (Lipinski definition) is 4. The van der Waals surface area contributed by atoms with Crippen LogP contribution in [0, 0.1) is 0 Å². The Morgan fingerprint density at radius 2 is 2.10 bits per heavy atom. The van der Waals surface area contributed by atoms with Crippen LogP contribution in [0.25, 0.3) is 6.08 Å². The second-order valence-electron chi connectivity index (χ2n) is 5.05. The number of carboxylic acid groups (broad SMARTS) is 1. The minimum Gasteiger partial charge on any atom is -0.478 e. The number of aliphatic carboxylic acids is 1. The van der Waals surface area contributed by atoms with Crippen LogP contribution in [0.4, 0.5) is 0 Å². The van der Waals surface area contributed by atoms with Crippen molar-refractivity contribution in [2.24, 2.45) is 0 Å². The Morgan fingerprint density at radius 3 is 2.71 bits per heavy atom. The van der Waals surface area contributed by atoms with Gasteiger partial charge in [-0.3, -0.25) is 4.90 Å². The summed E-state index contributed by atoms with van der Waals surface area (Å²) in [5.41, 5.74) is 0.999. The molecule has 21 heavy (non-hydrogen) atoms. The van der Waals surface area contributed by atoms with Gasteiger partial charge >= 0.3 is 5.97 Å². The summed E-state index contributed by atoms with van der Waals surface area (Å²) in [6.45, 7) is 6.14. The largest absolute Gasteiger partial charge is 0.478 e. The maximum absolute atomic E-state index is 10.7. The number of carboxylic acids is 1. The summed E-state index contributed by atoms with van der Waals surface area (Å²) in [5, 5.41) is 12.9. The lowest BCUT2D eigenvalue weighted by Crippen LogP contribution is -2.29. The third kappa shape index (κ3) is 4.81. The molecule has 0 unspecified atom stereocenters. The third-order valence-electron chi connectivity index (χ3n) is 3.20. The molecule has 0 aliphatic heterocycles. The highest BCUT2D eigenvalue weighted by molar-refractivity contribution is 7.10. The SMILES string of the molecule is CC(C)N(Cc1cccs1)Cc1sccc1C=CC(=O)O. The van der Waals surface area contributed by atoms with Crippen molar-refractivity contribution >= 4 is 34.7 Å². The van der Waals surface area contributed by atoms with Gasteiger partial charge in [-0.1, -0.05) is 6.07 Å². The van der Waals surface area contributed by atoms with Crippen LogP contribution in [0.1, 0.15) is 29.2 Å². The normalized spacial score (nSPS) is 11.8. The molecule has 5 heteroatoms. The molecule has 0 saturated heterocycles. The summed E-state index contributed by atoms with van der Waals surface area (Å²) < 4.78 is 0. The third-order valence-corrected chi connectivity index (χ3v) is 4.98. The molecule has 3 nitrogen and oxygen atoms in total. The lowest BCUT2D eigenvalue weighted by atomic mass is 10.2. The number of hydrogen-bond donors (Lipinski definition) is 1. The lowest BCUT2D eigenvalue weighted by molar-refractivity contribution is -0.131. The van der Waals surface area contributed by atoms with Crippen LogP contribution in [0.2, 0.25) is 0 Å². The predicted molar refractivity (Wildman–Crippen MR) is 89.7 cm³/mol. The highest BCUT2D eigenvalue weighted by Gasteiger charge is 2.14. The van der Waals surface area contributed by atoms with Crippen molar-refractivity contribution in [3.05, 3.63) is 50.4 Å². The van der Waals surface area contributed by atoms with Crippen LogP contribution < -0.4 is 0 Å². The van der Waals surface area contributed by atoms with Gasteiger partial charge in [-0.05, 0) is 48.4 Å². The van der Waals surface area contributed by atoms with Crippen LogP contribution >= 0.6 is 22.7 Å². The number of rotatable bonds is 7. The van der Waals surface area contributed by atoms with Gasteiger partial charge in [0.1, 0.15) is 0 Å². The van der Waals surface area contributed by atoms with Gasteiger partial charge in [0.05, 0.1) is 0 Å². The fourth-order valence-corrected chi connectivity index (χ4v) is 3.62. The minimum atomic E-state index is -0.911. The first-order valence-corrected chi connectivity index (χ1v) is 8.56. The van der Waals surface area contributed by atoms with Gasteiger partial charge in [0.25, 0.3) is 0 Å². The summed E-state index contributed by atoms with van der Waals surface area (Å²) >= 11 is 3.45.